The van der Waals surface area contributed by atoms with Gasteiger partial charge in [0, 0.05) is 7.05 Å². The molecule has 12 heteroatoms. The molecule has 3 N–H and O–H groups in total. The third kappa shape index (κ3) is 4.84. The van der Waals surface area contributed by atoms with Crippen LogP contribution < -0.4 is 10.6 Å². The molecular formula is C16H18FN5O5S. The minimum atomic E-state index is -4.27. The Kier molecular flexibility index (Phi) is 6.04. The van der Waals surface area contributed by atoms with Gasteiger partial charge in [-0.15, -0.1) is 10.2 Å². The molecule has 0 fully saturated rings. The number of benzene rings is 1. The molecule has 1 aromatic carbocycles. The van der Waals surface area contributed by atoms with Gasteiger partial charge < -0.3 is 15.7 Å². The molecule has 2 amide bonds. The smallest absolute Gasteiger partial charge is 0.258 e. The molecule has 0 spiro atoms. The van der Waals surface area contributed by atoms with Gasteiger partial charge in [0.1, 0.15) is 11.6 Å². The summed E-state index contributed by atoms with van der Waals surface area (Å²) in [5, 5.41) is 22.0. The molecule has 2 rings (SSSR count). The first-order valence-corrected chi connectivity index (χ1v) is 9.56. The Hall–Kier alpha value is -2.99. The zero-order chi connectivity index (χ0) is 21.1. The molecule has 0 aliphatic carbocycles. The van der Waals surface area contributed by atoms with Crippen LogP contribution in [0.1, 0.15) is 23.1 Å². The minimum Gasteiger partial charge on any atom is -0.379 e. The highest BCUT2D eigenvalue weighted by molar-refractivity contribution is 7.91. The van der Waals surface area contributed by atoms with E-state index in [0.29, 0.717) is 11.9 Å². The van der Waals surface area contributed by atoms with E-state index in [2.05, 4.69) is 25.8 Å². The third-order valence-electron chi connectivity index (χ3n) is 3.65. The largest absolute Gasteiger partial charge is 0.379 e. The molecule has 150 valence electrons. The molecule has 0 bridgehead atoms. The van der Waals surface area contributed by atoms with Crippen molar-refractivity contribution < 1.29 is 27.5 Å². The Bertz CT molecular complexity index is 1010. The fraction of sp³-hybridized carbons (Fsp3) is 0.312. The van der Waals surface area contributed by atoms with E-state index in [9.17, 15) is 27.5 Å². The van der Waals surface area contributed by atoms with Gasteiger partial charge >= 0.3 is 0 Å². The standard InChI is InChI=1S/C16H18FN5O5S/c1-9-19-7-13(22-21-9)20-15(24)16(2,25)8-28(26,27)10-4-5-11(12(17)6-10)14(23)18-3/h4-7,25H,8H2,1-3H3,(H,18,23)(H,20,22,24)/t16-/m0/s1. The monoisotopic (exact) mass is 411 g/mol. The van der Waals surface area contributed by atoms with Gasteiger partial charge in [-0.25, -0.2) is 17.8 Å². The molecule has 1 atom stereocenters. The van der Waals surface area contributed by atoms with Crippen LogP contribution in [0.2, 0.25) is 0 Å². The van der Waals surface area contributed by atoms with E-state index in [0.717, 1.165) is 19.1 Å². The van der Waals surface area contributed by atoms with Crippen molar-refractivity contribution in [3.63, 3.8) is 0 Å². The van der Waals surface area contributed by atoms with Crippen molar-refractivity contribution in [2.45, 2.75) is 24.3 Å². The van der Waals surface area contributed by atoms with E-state index < -0.39 is 43.7 Å². The van der Waals surface area contributed by atoms with Crippen molar-refractivity contribution in [3.05, 3.63) is 41.6 Å². The average Bonchev–Trinajstić information content (AvgIpc) is 2.62. The number of aliphatic hydroxyl groups is 1. The van der Waals surface area contributed by atoms with Gasteiger partial charge in [0.2, 0.25) is 0 Å². The lowest BCUT2D eigenvalue weighted by molar-refractivity contribution is -0.130. The summed E-state index contributed by atoms with van der Waals surface area (Å²) in [7, 11) is -2.97. The van der Waals surface area contributed by atoms with Crippen molar-refractivity contribution in [1.29, 1.82) is 0 Å². The number of anilines is 1. The van der Waals surface area contributed by atoms with Crippen molar-refractivity contribution in [1.82, 2.24) is 20.5 Å². The van der Waals surface area contributed by atoms with Gasteiger partial charge in [0.15, 0.2) is 21.3 Å². The van der Waals surface area contributed by atoms with Crippen LogP contribution in [0.25, 0.3) is 0 Å². The highest BCUT2D eigenvalue weighted by Gasteiger charge is 2.37. The molecule has 0 aliphatic rings. The first kappa shape index (κ1) is 21.3. The second-order valence-electron chi connectivity index (χ2n) is 6.10. The number of rotatable bonds is 6. The number of nitrogens with one attached hydrogen (secondary N) is 2. The lowest BCUT2D eigenvalue weighted by atomic mass is 10.1. The molecule has 0 saturated heterocycles. The fourth-order valence-corrected chi connectivity index (χ4v) is 3.76. The number of hydrogen-bond acceptors (Lipinski definition) is 8. The zero-order valence-corrected chi connectivity index (χ0v) is 16.0. The van der Waals surface area contributed by atoms with Gasteiger partial charge in [-0.3, -0.25) is 9.59 Å². The first-order chi connectivity index (χ1) is 13.0. The first-order valence-electron chi connectivity index (χ1n) is 7.91. The fourth-order valence-electron chi connectivity index (χ4n) is 2.17. The Labute approximate surface area is 160 Å². The molecule has 10 nitrogen and oxygen atoms in total. The van der Waals surface area contributed by atoms with E-state index >= 15 is 0 Å². The molecule has 28 heavy (non-hydrogen) atoms. The highest BCUT2D eigenvalue weighted by Crippen LogP contribution is 2.21. The Morgan fingerprint density at radius 3 is 2.50 bits per heavy atom. The molecule has 0 unspecified atom stereocenters. The van der Waals surface area contributed by atoms with Crippen LogP contribution >= 0.6 is 0 Å². The number of carbonyl (C=O) groups excluding carboxylic acids is 2. The number of nitrogens with zero attached hydrogens (tertiary/aromatic N) is 3. The minimum absolute atomic E-state index is 0.0748. The number of aryl methyl sites for hydroxylation is 1. The van der Waals surface area contributed by atoms with Crippen LogP contribution in [-0.2, 0) is 14.6 Å². The Morgan fingerprint density at radius 2 is 1.96 bits per heavy atom. The number of amides is 2. The molecular weight excluding hydrogens is 393 g/mol. The number of sulfone groups is 1. The number of halogens is 1. The zero-order valence-electron chi connectivity index (χ0n) is 15.2. The lowest BCUT2D eigenvalue weighted by Gasteiger charge is -2.21. The van der Waals surface area contributed by atoms with E-state index in [4.69, 9.17) is 0 Å². The summed E-state index contributed by atoms with van der Waals surface area (Å²) in [5.41, 5.74) is -2.70. The maximum Gasteiger partial charge on any atom is 0.258 e. The van der Waals surface area contributed by atoms with Crippen LogP contribution in [0.15, 0.2) is 29.3 Å². The van der Waals surface area contributed by atoms with E-state index in [1.807, 2.05) is 0 Å². The molecule has 0 radical (unpaired) electrons. The summed E-state index contributed by atoms with van der Waals surface area (Å²) in [6, 6.07) is 2.68. The quantitative estimate of drug-likeness (QED) is 0.593. The predicted molar refractivity (Wildman–Crippen MR) is 95.7 cm³/mol. The van der Waals surface area contributed by atoms with Gasteiger partial charge in [-0.2, -0.15) is 0 Å². The highest BCUT2D eigenvalue weighted by atomic mass is 32.2. The van der Waals surface area contributed by atoms with Crippen LogP contribution in [0.3, 0.4) is 0 Å². The molecule has 1 heterocycles. The summed E-state index contributed by atoms with van der Waals surface area (Å²) in [4.78, 5) is 27.1. The van der Waals surface area contributed by atoms with E-state index in [1.54, 1.807) is 6.92 Å². The van der Waals surface area contributed by atoms with Gasteiger partial charge in [-0.1, -0.05) is 0 Å². The molecule has 1 aromatic heterocycles. The topological polar surface area (TPSA) is 151 Å². The summed E-state index contributed by atoms with van der Waals surface area (Å²) < 4.78 is 39.0. The van der Waals surface area contributed by atoms with Gasteiger partial charge in [0.05, 0.1) is 22.4 Å². The van der Waals surface area contributed by atoms with E-state index in [1.165, 1.54) is 13.2 Å². The number of carbonyl (C=O) groups is 2. The SMILES string of the molecule is CNC(=O)c1ccc(S(=O)(=O)C[C@](C)(O)C(=O)Nc2cnc(C)nn2)cc1F. The number of hydrogen-bond donors (Lipinski definition) is 3. The van der Waals surface area contributed by atoms with E-state index in [-0.39, 0.29) is 11.4 Å². The maximum atomic E-state index is 14.0. The molecule has 0 saturated carbocycles. The second kappa shape index (κ2) is 7.94. The van der Waals surface area contributed by atoms with Crippen molar-refractivity contribution >= 4 is 27.5 Å². The summed E-state index contributed by atoms with van der Waals surface area (Å²) in [6.07, 6.45) is 1.19. The molecule has 0 aliphatic heterocycles. The molecule has 2 aromatic rings. The average molecular weight is 411 g/mol. The van der Waals surface area contributed by atoms with Gasteiger partial charge in [0.25, 0.3) is 11.8 Å². The van der Waals surface area contributed by atoms with Crippen molar-refractivity contribution in [2.75, 3.05) is 18.1 Å². The Balaban J connectivity index is 2.21. The summed E-state index contributed by atoms with van der Waals surface area (Å²) in [5.74, 6) is -3.58. The maximum absolute atomic E-state index is 14.0. The Morgan fingerprint density at radius 1 is 1.29 bits per heavy atom. The van der Waals surface area contributed by atoms with Crippen molar-refractivity contribution in [2.24, 2.45) is 0 Å². The van der Waals surface area contributed by atoms with Crippen LogP contribution in [0.4, 0.5) is 10.2 Å². The second-order valence-corrected chi connectivity index (χ2v) is 8.09. The predicted octanol–water partition coefficient (Wildman–Crippen LogP) is -0.158. The normalized spacial score (nSPS) is 13.5. The van der Waals surface area contributed by atoms with Crippen molar-refractivity contribution in [3.8, 4) is 0 Å². The number of aromatic nitrogens is 3. The van der Waals surface area contributed by atoms with Gasteiger partial charge in [-0.05, 0) is 32.0 Å². The summed E-state index contributed by atoms with van der Waals surface area (Å²) in [6.45, 7) is 2.57. The van der Waals surface area contributed by atoms with Crippen LogP contribution in [-0.4, -0.2) is 58.9 Å². The third-order valence-corrected chi connectivity index (χ3v) is 5.56. The lowest BCUT2D eigenvalue weighted by Crippen LogP contribution is -2.46. The van der Waals surface area contributed by atoms with Crippen LogP contribution in [0.5, 0.6) is 0 Å². The van der Waals surface area contributed by atoms with Crippen LogP contribution in [0, 0.1) is 12.7 Å². The summed E-state index contributed by atoms with van der Waals surface area (Å²) >= 11 is 0.